The molecular formula is C21H22N2O2S. The lowest BCUT2D eigenvalue weighted by Gasteiger charge is -2.19. The number of carbonyl (C=O) groups excluding carboxylic acids is 1. The highest BCUT2D eigenvalue weighted by Crippen LogP contribution is 2.35. The van der Waals surface area contributed by atoms with Crippen LogP contribution in [0.15, 0.2) is 64.5 Å². The van der Waals surface area contributed by atoms with Crippen LogP contribution in [0.3, 0.4) is 0 Å². The molecular weight excluding hydrogens is 344 g/mol. The third-order valence-electron chi connectivity index (χ3n) is 3.82. The van der Waals surface area contributed by atoms with Gasteiger partial charge in [0.1, 0.15) is 5.75 Å². The highest BCUT2D eigenvalue weighted by atomic mass is 32.2. The number of nitrogens with zero attached hydrogens (tertiary/aromatic N) is 2. The molecule has 2 aromatic rings. The van der Waals surface area contributed by atoms with E-state index in [1.165, 1.54) is 11.8 Å². The molecule has 0 radical (unpaired) electrons. The first-order valence-corrected chi connectivity index (χ1v) is 9.50. The van der Waals surface area contributed by atoms with E-state index in [0.717, 1.165) is 17.0 Å². The standard InChI is InChI=1S/C21H22N2O2S/c1-4-25-18-12-10-16(11-13-18)14-19-20(24)23(15(2)3)21(26-19)22-17-8-6-5-7-9-17/h5-15H,4H2,1-3H3/b19-14+,22-21?. The number of aliphatic imine (C=N–C) groups is 1. The van der Waals surface area contributed by atoms with Crippen LogP contribution < -0.4 is 4.74 Å². The van der Waals surface area contributed by atoms with Crippen LogP contribution in [0.2, 0.25) is 0 Å². The number of hydrogen-bond acceptors (Lipinski definition) is 4. The molecule has 5 heteroatoms. The van der Waals surface area contributed by atoms with Gasteiger partial charge in [0.15, 0.2) is 5.17 Å². The Balaban J connectivity index is 1.89. The van der Waals surface area contributed by atoms with Gasteiger partial charge in [0.05, 0.1) is 17.2 Å². The quantitative estimate of drug-likeness (QED) is 0.692. The number of hydrogen-bond donors (Lipinski definition) is 0. The van der Waals surface area contributed by atoms with Crippen LogP contribution in [0.5, 0.6) is 5.75 Å². The molecule has 0 bridgehead atoms. The van der Waals surface area contributed by atoms with Crippen molar-refractivity contribution in [2.24, 2.45) is 4.99 Å². The topological polar surface area (TPSA) is 41.9 Å². The smallest absolute Gasteiger partial charge is 0.266 e. The van der Waals surface area contributed by atoms with E-state index in [2.05, 4.69) is 4.99 Å². The van der Waals surface area contributed by atoms with Crippen molar-refractivity contribution in [1.29, 1.82) is 0 Å². The normalized spacial score (nSPS) is 17.5. The van der Waals surface area contributed by atoms with E-state index < -0.39 is 0 Å². The van der Waals surface area contributed by atoms with Crippen molar-refractivity contribution in [3.63, 3.8) is 0 Å². The van der Waals surface area contributed by atoms with Crippen LogP contribution in [0, 0.1) is 0 Å². The summed E-state index contributed by atoms with van der Waals surface area (Å²) in [7, 11) is 0. The maximum atomic E-state index is 12.9. The summed E-state index contributed by atoms with van der Waals surface area (Å²) in [6.07, 6.45) is 1.91. The molecule has 0 aliphatic carbocycles. The second kappa shape index (κ2) is 8.23. The van der Waals surface area contributed by atoms with Crippen LogP contribution in [-0.2, 0) is 4.79 Å². The molecule has 1 fully saturated rings. The van der Waals surface area contributed by atoms with E-state index >= 15 is 0 Å². The number of thioether (sulfide) groups is 1. The van der Waals surface area contributed by atoms with Gasteiger partial charge in [0.25, 0.3) is 5.91 Å². The van der Waals surface area contributed by atoms with Gasteiger partial charge in [-0.05, 0) is 68.4 Å². The van der Waals surface area contributed by atoms with Gasteiger partial charge in [0, 0.05) is 6.04 Å². The maximum absolute atomic E-state index is 12.9. The van der Waals surface area contributed by atoms with Gasteiger partial charge < -0.3 is 4.74 Å². The maximum Gasteiger partial charge on any atom is 0.266 e. The first kappa shape index (κ1) is 18.3. The molecule has 1 aliphatic heterocycles. The summed E-state index contributed by atoms with van der Waals surface area (Å²) < 4.78 is 5.46. The Kier molecular flexibility index (Phi) is 5.78. The number of para-hydroxylation sites is 1. The van der Waals surface area contributed by atoms with Crippen LogP contribution in [0.4, 0.5) is 5.69 Å². The van der Waals surface area contributed by atoms with E-state index in [9.17, 15) is 4.79 Å². The second-order valence-corrected chi connectivity index (χ2v) is 7.12. The fourth-order valence-corrected chi connectivity index (χ4v) is 3.73. The molecule has 1 heterocycles. The van der Waals surface area contributed by atoms with Gasteiger partial charge in [-0.3, -0.25) is 9.69 Å². The first-order chi connectivity index (χ1) is 12.6. The van der Waals surface area contributed by atoms with E-state index in [0.29, 0.717) is 16.7 Å². The average Bonchev–Trinajstić information content (AvgIpc) is 2.93. The minimum absolute atomic E-state index is 0.00596. The fourth-order valence-electron chi connectivity index (χ4n) is 2.61. The number of rotatable bonds is 5. The molecule has 0 aromatic heterocycles. The average molecular weight is 366 g/mol. The molecule has 0 saturated carbocycles. The molecule has 4 nitrogen and oxygen atoms in total. The number of ether oxygens (including phenoxy) is 1. The zero-order valence-corrected chi connectivity index (χ0v) is 16.0. The predicted octanol–water partition coefficient (Wildman–Crippen LogP) is 5.10. The molecule has 2 aromatic carbocycles. The van der Waals surface area contributed by atoms with Crippen molar-refractivity contribution in [3.8, 4) is 5.75 Å². The molecule has 1 saturated heterocycles. The molecule has 0 spiro atoms. The minimum atomic E-state index is -0.00596. The van der Waals surface area contributed by atoms with Crippen molar-refractivity contribution in [3.05, 3.63) is 65.1 Å². The third-order valence-corrected chi connectivity index (χ3v) is 4.81. The minimum Gasteiger partial charge on any atom is -0.494 e. The highest BCUT2D eigenvalue weighted by Gasteiger charge is 2.35. The number of amidine groups is 1. The summed E-state index contributed by atoms with van der Waals surface area (Å²) in [5.74, 6) is 0.823. The van der Waals surface area contributed by atoms with E-state index in [1.807, 2.05) is 81.4 Å². The molecule has 0 N–H and O–H groups in total. The van der Waals surface area contributed by atoms with E-state index in [-0.39, 0.29) is 11.9 Å². The number of amides is 1. The summed E-state index contributed by atoms with van der Waals surface area (Å²) in [5.41, 5.74) is 1.81. The lowest BCUT2D eigenvalue weighted by Crippen LogP contribution is -2.35. The van der Waals surface area contributed by atoms with Crippen LogP contribution in [0.25, 0.3) is 6.08 Å². The zero-order valence-electron chi connectivity index (χ0n) is 15.2. The lowest BCUT2D eigenvalue weighted by atomic mass is 10.2. The van der Waals surface area contributed by atoms with Crippen LogP contribution >= 0.6 is 11.8 Å². The summed E-state index contributed by atoms with van der Waals surface area (Å²) in [6, 6.07) is 17.5. The zero-order chi connectivity index (χ0) is 18.5. The second-order valence-electron chi connectivity index (χ2n) is 6.11. The summed E-state index contributed by atoms with van der Waals surface area (Å²) in [4.78, 5) is 19.9. The monoisotopic (exact) mass is 366 g/mol. The molecule has 0 unspecified atom stereocenters. The molecule has 3 rings (SSSR count). The Morgan fingerprint density at radius 2 is 1.81 bits per heavy atom. The van der Waals surface area contributed by atoms with Crippen LogP contribution in [-0.4, -0.2) is 28.6 Å². The third kappa shape index (κ3) is 4.17. The van der Waals surface area contributed by atoms with Gasteiger partial charge in [-0.2, -0.15) is 0 Å². The highest BCUT2D eigenvalue weighted by molar-refractivity contribution is 8.18. The van der Waals surface area contributed by atoms with Crippen molar-refractivity contribution in [1.82, 2.24) is 4.90 Å². The fraction of sp³-hybridized carbons (Fsp3) is 0.238. The van der Waals surface area contributed by atoms with Crippen molar-refractivity contribution in [2.45, 2.75) is 26.8 Å². The van der Waals surface area contributed by atoms with Gasteiger partial charge in [0.2, 0.25) is 0 Å². The van der Waals surface area contributed by atoms with E-state index in [4.69, 9.17) is 4.74 Å². The summed E-state index contributed by atoms with van der Waals surface area (Å²) >= 11 is 1.42. The summed E-state index contributed by atoms with van der Waals surface area (Å²) in [5, 5.41) is 0.716. The molecule has 134 valence electrons. The number of benzene rings is 2. The molecule has 26 heavy (non-hydrogen) atoms. The Labute approximate surface area is 158 Å². The molecule has 1 aliphatic rings. The van der Waals surface area contributed by atoms with Crippen molar-refractivity contribution in [2.75, 3.05) is 6.61 Å². The summed E-state index contributed by atoms with van der Waals surface area (Å²) in [6.45, 7) is 6.59. The Bertz CT molecular complexity index is 827. The van der Waals surface area contributed by atoms with Crippen molar-refractivity contribution >= 4 is 34.6 Å². The molecule has 1 amide bonds. The Hall–Kier alpha value is -2.53. The predicted molar refractivity (Wildman–Crippen MR) is 109 cm³/mol. The van der Waals surface area contributed by atoms with Gasteiger partial charge in [-0.15, -0.1) is 0 Å². The van der Waals surface area contributed by atoms with Crippen LogP contribution in [0.1, 0.15) is 26.3 Å². The lowest BCUT2D eigenvalue weighted by molar-refractivity contribution is -0.123. The van der Waals surface area contributed by atoms with Crippen molar-refractivity contribution < 1.29 is 9.53 Å². The Morgan fingerprint density at radius 3 is 2.42 bits per heavy atom. The largest absolute Gasteiger partial charge is 0.494 e. The van der Waals surface area contributed by atoms with E-state index in [1.54, 1.807) is 4.90 Å². The first-order valence-electron chi connectivity index (χ1n) is 8.68. The van der Waals surface area contributed by atoms with Gasteiger partial charge in [-0.25, -0.2) is 4.99 Å². The SMILES string of the molecule is CCOc1ccc(/C=C2/SC(=Nc3ccccc3)N(C(C)C)C2=O)cc1. The van der Waals surface area contributed by atoms with Gasteiger partial charge in [-0.1, -0.05) is 30.3 Å². The molecule has 0 atom stereocenters. The number of carbonyl (C=O) groups is 1. The Morgan fingerprint density at radius 1 is 1.12 bits per heavy atom. The van der Waals surface area contributed by atoms with Gasteiger partial charge >= 0.3 is 0 Å².